The molecule has 1 saturated carbocycles. The van der Waals surface area contributed by atoms with E-state index in [0.717, 1.165) is 44.5 Å². The molecule has 3 fully saturated rings. The van der Waals surface area contributed by atoms with E-state index in [2.05, 4.69) is 4.90 Å². The number of rotatable bonds is 3. The number of hydrogen-bond donors (Lipinski definition) is 1. The Balaban J connectivity index is 0.000000968. The molecule has 1 aromatic rings. The van der Waals surface area contributed by atoms with Crippen molar-refractivity contribution < 1.29 is 28.6 Å². The fraction of sp³-hybridized carbons (Fsp3) is 0.625. The fourth-order valence-electron chi connectivity index (χ4n) is 4.86. The number of carbonyl (C=O) groups excluding carboxylic acids is 2. The van der Waals surface area contributed by atoms with Gasteiger partial charge in [-0.05, 0) is 37.1 Å². The fourth-order valence-corrected chi connectivity index (χ4v) is 4.86. The lowest BCUT2D eigenvalue weighted by atomic mass is 9.88. The molecular weight excluding hydrogens is 429 g/mol. The predicted molar refractivity (Wildman–Crippen MR) is 121 cm³/mol. The van der Waals surface area contributed by atoms with E-state index in [9.17, 15) is 14.0 Å². The largest absolute Gasteiger partial charge is 0.483 e. The summed E-state index contributed by atoms with van der Waals surface area (Å²) in [6, 6.07) is 6.49. The van der Waals surface area contributed by atoms with E-state index in [1.807, 2.05) is 9.80 Å². The third kappa shape index (κ3) is 6.90. The third-order valence-electron chi connectivity index (χ3n) is 6.66. The van der Waals surface area contributed by atoms with E-state index < -0.39 is 0 Å². The number of hydrogen-bond acceptors (Lipinski definition) is 5. The highest BCUT2D eigenvalue weighted by molar-refractivity contribution is 5.82. The lowest BCUT2D eigenvalue weighted by molar-refractivity contribution is -0.140. The van der Waals surface area contributed by atoms with E-state index in [1.165, 1.54) is 18.6 Å². The topological polar surface area (TPSA) is 90.4 Å². The molecule has 2 amide bonds. The lowest BCUT2D eigenvalue weighted by Gasteiger charge is -2.38. The normalized spacial score (nSPS) is 22.1. The summed E-state index contributed by atoms with van der Waals surface area (Å²) in [7, 11) is 0. The first-order valence-corrected chi connectivity index (χ1v) is 11.8. The third-order valence-corrected chi connectivity index (χ3v) is 6.66. The first-order chi connectivity index (χ1) is 16.0. The molecule has 3 aliphatic rings. The van der Waals surface area contributed by atoms with Crippen molar-refractivity contribution in [1.29, 1.82) is 0 Å². The molecule has 0 bridgehead atoms. The Kier molecular flexibility index (Phi) is 9.47. The van der Waals surface area contributed by atoms with Crippen molar-refractivity contribution in [3.05, 3.63) is 30.1 Å². The summed E-state index contributed by atoms with van der Waals surface area (Å²) >= 11 is 0. The van der Waals surface area contributed by atoms with Crippen molar-refractivity contribution in [1.82, 2.24) is 9.80 Å². The summed E-state index contributed by atoms with van der Waals surface area (Å²) in [5.41, 5.74) is 0.977. The highest BCUT2D eigenvalue weighted by Crippen LogP contribution is 2.26. The second kappa shape index (κ2) is 12.5. The number of benzene rings is 1. The lowest BCUT2D eigenvalue weighted by Crippen LogP contribution is -2.52. The van der Waals surface area contributed by atoms with Crippen LogP contribution in [0, 0.1) is 17.7 Å². The Bertz CT molecular complexity index is 777. The zero-order chi connectivity index (χ0) is 23.6. The molecule has 0 aromatic heterocycles. The molecule has 2 saturated heterocycles. The number of carbonyl (C=O) groups is 3. The molecule has 8 nitrogen and oxygen atoms in total. The molecule has 1 N–H and O–H groups in total. The molecule has 4 rings (SSSR count). The van der Waals surface area contributed by atoms with Crippen LogP contribution >= 0.6 is 0 Å². The molecular formula is C24H34FN3O5. The molecule has 1 atom stereocenters. The smallest absolute Gasteiger partial charge is 0.290 e. The van der Waals surface area contributed by atoms with Crippen LogP contribution in [0.25, 0.3) is 0 Å². The van der Waals surface area contributed by atoms with Crippen LogP contribution in [0.1, 0.15) is 32.1 Å². The minimum absolute atomic E-state index is 0.0806. The van der Waals surface area contributed by atoms with Gasteiger partial charge in [-0.1, -0.05) is 19.3 Å². The summed E-state index contributed by atoms with van der Waals surface area (Å²) in [5, 5.41) is 6.89. The zero-order valence-corrected chi connectivity index (χ0v) is 19.0. The van der Waals surface area contributed by atoms with Gasteiger partial charge in [-0.3, -0.25) is 14.4 Å². The first kappa shape index (κ1) is 25.0. The number of carboxylic acid groups (broad SMARTS) is 1. The Morgan fingerprint density at radius 1 is 0.909 bits per heavy atom. The van der Waals surface area contributed by atoms with Gasteiger partial charge in [0.1, 0.15) is 5.82 Å². The molecule has 9 heteroatoms. The van der Waals surface area contributed by atoms with Crippen molar-refractivity contribution in [2.24, 2.45) is 11.8 Å². The molecule has 33 heavy (non-hydrogen) atoms. The zero-order valence-electron chi connectivity index (χ0n) is 19.0. The molecule has 182 valence electrons. The average molecular weight is 464 g/mol. The monoisotopic (exact) mass is 463 g/mol. The maximum atomic E-state index is 13.2. The second-order valence-electron chi connectivity index (χ2n) is 8.79. The predicted octanol–water partition coefficient (Wildman–Crippen LogP) is 2.23. The number of amides is 2. The number of ether oxygens (including phenoxy) is 1. The number of piperazine rings is 1. The van der Waals surface area contributed by atoms with Crippen LogP contribution in [-0.4, -0.2) is 85.7 Å². The molecule has 2 heterocycles. The maximum Gasteiger partial charge on any atom is 0.290 e. The van der Waals surface area contributed by atoms with E-state index in [-0.39, 0.29) is 35.9 Å². The van der Waals surface area contributed by atoms with Crippen LogP contribution in [0.5, 0.6) is 0 Å². The summed E-state index contributed by atoms with van der Waals surface area (Å²) in [6.07, 6.45) is 5.42. The van der Waals surface area contributed by atoms with Crippen molar-refractivity contribution in [3.8, 4) is 0 Å². The number of anilines is 1. The van der Waals surface area contributed by atoms with E-state index in [0.29, 0.717) is 39.4 Å². The Hall–Kier alpha value is -2.68. The van der Waals surface area contributed by atoms with Gasteiger partial charge in [0.2, 0.25) is 11.8 Å². The van der Waals surface area contributed by atoms with Crippen LogP contribution in [0.4, 0.5) is 10.1 Å². The van der Waals surface area contributed by atoms with Crippen molar-refractivity contribution >= 4 is 24.0 Å². The number of halogens is 1. The molecule has 0 spiro atoms. The SMILES string of the molecule is O=C(C1COCCN(C(=O)C2CCCCC2)C1)N1CCN(c2ccc(F)cc2)CC1.O=CO. The summed E-state index contributed by atoms with van der Waals surface area (Å²) in [4.78, 5) is 40.5. The summed E-state index contributed by atoms with van der Waals surface area (Å²) in [6.45, 7) is 4.37. The van der Waals surface area contributed by atoms with Crippen LogP contribution in [0.3, 0.4) is 0 Å². The van der Waals surface area contributed by atoms with Gasteiger partial charge >= 0.3 is 0 Å². The Morgan fingerprint density at radius 2 is 1.52 bits per heavy atom. The van der Waals surface area contributed by atoms with Gasteiger partial charge in [-0.15, -0.1) is 0 Å². The van der Waals surface area contributed by atoms with Gasteiger partial charge in [-0.2, -0.15) is 0 Å². The van der Waals surface area contributed by atoms with Crippen LogP contribution in [-0.2, 0) is 19.1 Å². The molecule has 1 aromatic carbocycles. The Morgan fingerprint density at radius 3 is 2.15 bits per heavy atom. The summed E-state index contributed by atoms with van der Waals surface area (Å²) in [5.74, 6) is -0.131. The van der Waals surface area contributed by atoms with Crippen molar-refractivity contribution in [2.75, 3.05) is 57.4 Å². The van der Waals surface area contributed by atoms with Gasteiger partial charge in [0, 0.05) is 50.9 Å². The van der Waals surface area contributed by atoms with Crippen LogP contribution in [0.15, 0.2) is 24.3 Å². The minimum Gasteiger partial charge on any atom is -0.483 e. The van der Waals surface area contributed by atoms with Crippen molar-refractivity contribution in [2.45, 2.75) is 32.1 Å². The highest BCUT2D eigenvalue weighted by Gasteiger charge is 2.34. The quantitative estimate of drug-likeness (QED) is 0.692. The average Bonchev–Trinajstić information content (AvgIpc) is 3.11. The Labute approximate surface area is 194 Å². The molecule has 0 radical (unpaired) electrons. The van der Waals surface area contributed by atoms with Gasteiger partial charge in [0.15, 0.2) is 0 Å². The van der Waals surface area contributed by atoms with E-state index >= 15 is 0 Å². The second-order valence-corrected chi connectivity index (χ2v) is 8.79. The summed E-state index contributed by atoms with van der Waals surface area (Å²) < 4.78 is 18.9. The number of nitrogens with zero attached hydrogens (tertiary/aromatic N) is 3. The molecule has 1 aliphatic carbocycles. The van der Waals surface area contributed by atoms with Crippen LogP contribution < -0.4 is 4.90 Å². The van der Waals surface area contributed by atoms with Gasteiger partial charge in [-0.25, -0.2) is 4.39 Å². The highest BCUT2D eigenvalue weighted by atomic mass is 19.1. The van der Waals surface area contributed by atoms with Crippen LogP contribution in [0.2, 0.25) is 0 Å². The van der Waals surface area contributed by atoms with E-state index in [1.54, 1.807) is 12.1 Å². The van der Waals surface area contributed by atoms with Gasteiger partial charge in [0.05, 0.1) is 19.1 Å². The van der Waals surface area contributed by atoms with Gasteiger partial charge < -0.3 is 24.5 Å². The van der Waals surface area contributed by atoms with Gasteiger partial charge in [0.25, 0.3) is 6.47 Å². The molecule has 1 unspecified atom stereocenters. The van der Waals surface area contributed by atoms with Crippen molar-refractivity contribution in [3.63, 3.8) is 0 Å². The van der Waals surface area contributed by atoms with E-state index in [4.69, 9.17) is 14.6 Å². The minimum atomic E-state index is -0.294. The first-order valence-electron chi connectivity index (χ1n) is 11.8. The molecule has 2 aliphatic heterocycles. The maximum absolute atomic E-state index is 13.2. The standard InChI is InChI=1S/C23H32FN3O3.CH2O2/c24-20-6-8-21(9-7-20)25-10-12-26(13-11-25)23(29)19-16-27(14-15-30-17-19)22(28)18-4-2-1-3-5-18;2-1-3/h6-9,18-19H,1-5,10-17H2;1H,(H,2,3).